The monoisotopic (exact) mass is 380 g/mol. The summed E-state index contributed by atoms with van der Waals surface area (Å²) in [7, 11) is 0. The van der Waals surface area contributed by atoms with Gasteiger partial charge in [0.25, 0.3) is 0 Å². The van der Waals surface area contributed by atoms with Gasteiger partial charge in [-0.1, -0.05) is 23.1 Å². The zero-order valence-electron chi connectivity index (χ0n) is 16.6. The lowest BCUT2D eigenvalue weighted by Gasteiger charge is -2.24. The van der Waals surface area contributed by atoms with Gasteiger partial charge < -0.3 is 9.47 Å². The molecular formula is C22H28N4O2. The highest BCUT2D eigenvalue weighted by molar-refractivity contribution is 5.64. The van der Waals surface area contributed by atoms with E-state index in [-0.39, 0.29) is 6.10 Å². The van der Waals surface area contributed by atoms with E-state index in [9.17, 15) is 0 Å². The standard InChI is InChI=1S/C22H28N4O2/c1-18-15-19(5-4-9-25-10-13-27-14-11-25)7-8-21(18)22-17-26(24-23-22)16-20-6-2-3-12-28-20/h7-8,15,17,20H,2-3,6,9-14,16H2,1H3. The Morgan fingerprint density at radius 1 is 1.18 bits per heavy atom. The minimum atomic E-state index is 0.258. The molecule has 2 aliphatic rings. The molecule has 0 saturated carbocycles. The number of aryl methyl sites for hydroxylation is 1. The second kappa shape index (κ2) is 9.33. The van der Waals surface area contributed by atoms with Crippen LogP contribution in [-0.2, 0) is 16.0 Å². The van der Waals surface area contributed by atoms with Gasteiger partial charge in [0.1, 0.15) is 5.69 Å². The first-order valence-corrected chi connectivity index (χ1v) is 10.2. The molecule has 4 rings (SSSR count). The van der Waals surface area contributed by atoms with Gasteiger partial charge in [-0.15, -0.1) is 5.10 Å². The van der Waals surface area contributed by atoms with Crippen LogP contribution in [0.3, 0.4) is 0 Å². The summed E-state index contributed by atoms with van der Waals surface area (Å²) in [6.07, 6.45) is 5.78. The predicted octanol–water partition coefficient (Wildman–Crippen LogP) is 2.51. The van der Waals surface area contributed by atoms with Gasteiger partial charge in [-0.2, -0.15) is 0 Å². The van der Waals surface area contributed by atoms with Crippen LogP contribution in [0, 0.1) is 18.8 Å². The van der Waals surface area contributed by atoms with Crippen LogP contribution < -0.4 is 0 Å². The van der Waals surface area contributed by atoms with Crippen LogP contribution in [0.4, 0.5) is 0 Å². The largest absolute Gasteiger partial charge is 0.379 e. The molecule has 6 nitrogen and oxygen atoms in total. The van der Waals surface area contributed by atoms with Gasteiger partial charge in [0, 0.05) is 30.8 Å². The summed E-state index contributed by atoms with van der Waals surface area (Å²) in [5.74, 6) is 6.56. The summed E-state index contributed by atoms with van der Waals surface area (Å²) < 4.78 is 13.1. The van der Waals surface area contributed by atoms with E-state index in [2.05, 4.69) is 52.2 Å². The maximum absolute atomic E-state index is 5.80. The van der Waals surface area contributed by atoms with E-state index in [1.807, 2.05) is 10.9 Å². The topological polar surface area (TPSA) is 52.4 Å². The first-order chi connectivity index (χ1) is 13.8. The van der Waals surface area contributed by atoms with Crippen LogP contribution in [0.5, 0.6) is 0 Å². The molecule has 0 amide bonds. The summed E-state index contributed by atoms with van der Waals surface area (Å²) in [5, 5.41) is 8.66. The number of aromatic nitrogens is 3. The molecular weight excluding hydrogens is 352 g/mol. The highest BCUT2D eigenvalue weighted by Crippen LogP contribution is 2.22. The number of hydrogen-bond acceptors (Lipinski definition) is 5. The molecule has 2 fully saturated rings. The molecule has 6 heteroatoms. The lowest BCUT2D eigenvalue weighted by Crippen LogP contribution is -2.36. The molecule has 1 aromatic carbocycles. The summed E-state index contributed by atoms with van der Waals surface area (Å²) >= 11 is 0. The summed E-state index contributed by atoms with van der Waals surface area (Å²) in [6, 6.07) is 6.29. The fourth-order valence-corrected chi connectivity index (χ4v) is 3.71. The predicted molar refractivity (Wildman–Crippen MR) is 108 cm³/mol. The highest BCUT2D eigenvalue weighted by atomic mass is 16.5. The number of ether oxygens (including phenoxy) is 2. The smallest absolute Gasteiger partial charge is 0.113 e. The number of rotatable bonds is 4. The second-order valence-electron chi connectivity index (χ2n) is 7.53. The maximum Gasteiger partial charge on any atom is 0.113 e. The molecule has 0 aliphatic carbocycles. The molecule has 1 unspecified atom stereocenters. The number of morpholine rings is 1. The van der Waals surface area contributed by atoms with E-state index in [1.165, 1.54) is 18.4 Å². The van der Waals surface area contributed by atoms with Crippen LogP contribution in [0.25, 0.3) is 11.3 Å². The molecule has 28 heavy (non-hydrogen) atoms. The fourth-order valence-electron chi connectivity index (χ4n) is 3.71. The molecule has 2 saturated heterocycles. The van der Waals surface area contributed by atoms with E-state index in [1.54, 1.807) is 0 Å². The van der Waals surface area contributed by atoms with Crippen molar-refractivity contribution in [3.63, 3.8) is 0 Å². The molecule has 1 atom stereocenters. The van der Waals surface area contributed by atoms with E-state index in [0.29, 0.717) is 0 Å². The number of hydrogen-bond donors (Lipinski definition) is 0. The molecule has 3 heterocycles. The molecule has 2 aliphatic heterocycles. The first kappa shape index (κ1) is 19.1. The van der Waals surface area contributed by atoms with Gasteiger partial charge in [0.15, 0.2) is 0 Å². The Balaban J connectivity index is 1.39. The Kier molecular flexibility index (Phi) is 6.38. The van der Waals surface area contributed by atoms with Gasteiger partial charge in [-0.3, -0.25) is 4.90 Å². The van der Waals surface area contributed by atoms with Crippen LogP contribution >= 0.6 is 0 Å². The van der Waals surface area contributed by atoms with Crippen LogP contribution in [0.2, 0.25) is 0 Å². The van der Waals surface area contributed by atoms with Crippen LogP contribution in [-0.4, -0.2) is 65.5 Å². The van der Waals surface area contributed by atoms with E-state index in [4.69, 9.17) is 9.47 Å². The van der Waals surface area contributed by atoms with Crippen molar-refractivity contribution in [1.82, 2.24) is 19.9 Å². The number of nitrogens with zero attached hydrogens (tertiary/aromatic N) is 4. The average molecular weight is 380 g/mol. The van der Waals surface area contributed by atoms with Crippen molar-refractivity contribution >= 4 is 0 Å². The zero-order chi connectivity index (χ0) is 19.2. The SMILES string of the molecule is Cc1cc(C#CCN2CCOCC2)ccc1-c1cn(CC2CCCCO2)nn1. The van der Waals surface area contributed by atoms with Crippen molar-refractivity contribution in [2.45, 2.75) is 38.8 Å². The van der Waals surface area contributed by atoms with Crippen molar-refractivity contribution in [2.75, 3.05) is 39.5 Å². The first-order valence-electron chi connectivity index (χ1n) is 10.2. The summed E-state index contributed by atoms with van der Waals surface area (Å²) in [4.78, 5) is 2.33. The van der Waals surface area contributed by atoms with E-state index >= 15 is 0 Å². The van der Waals surface area contributed by atoms with Gasteiger partial charge in [0.05, 0.1) is 38.6 Å². The molecule has 148 valence electrons. The Labute approximate surface area is 166 Å². The normalized spacial score (nSPS) is 20.5. The second-order valence-corrected chi connectivity index (χ2v) is 7.53. The van der Waals surface area contributed by atoms with Crippen molar-refractivity contribution in [2.24, 2.45) is 0 Å². The molecule has 0 bridgehead atoms. The van der Waals surface area contributed by atoms with Crippen molar-refractivity contribution < 1.29 is 9.47 Å². The maximum atomic E-state index is 5.80. The van der Waals surface area contributed by atoms with E-state index < -0.39 is 0 Å². The van der Waals surface area contributed by atoms with Crippen LogP contribution in [0.15, 0.2) is 24.4 Å². The lowest BCUT2D eigenvalue weighted by molar-refractivity contribution is 0.00370. The summed E-state index contributed by atoms with van der Waals surface area (Å²) in [6.45, 7) is 8.08. The van der Waals surface area contributed by atoms with Gasteiger partial charge in [-0.05, 0) is 43.9 Å². The van der Waals surface area contributed by atoms with Gasteiger partial charge in [0.2, 0.25) is 0 Å². The fraction of sp³-hybridized carbons (Fsp3) is 0.545. The van der Waals surface area contributed by atoms with Crippen molar-refractivity contribution in [1.29, 1.82) is 0 Å². The van der Waals surface area contributed by atoms with Crippen molar-refractivity contribution in [3.8, 4) is 23.1 Å². The van der Waals surface area contributed by atoms with E-state index in [0.717, 1.165) is 69.2 Å². The highest BCUT2D eigenvalue weighted by Gasteiger charge is 2.16. The summed E-state index contributed by atoms with van der Waals surface area (Å²) in [5.41, 5.74) is 4.22. The minimum Gasteiger partial charge on any atom is -0.379 e. The van der Waals surface area contributed by atoms with Gasteiger partial charge in [-0.25, -0.2) is 4.68 Å². The zero-order valence-corrected chi connectivity index (χ0v) is 16.6. The van der Waals surface area contributed by atoms with Crippen LogP contribution in [0.1, 0.15) is 30.4 Å². The Bertz CT molecular complexity index is 840. The molecule has 0 N–H and O–H groups in total. The van der Waals surface area contributed by atoms with Crippen molar-refractivity contribution in [3.05, 3.63) is 35.5 Å². The quantitative estimate of drug-likeness (QED) is 0.763. The third kappa shape index (κ3) is 4.99. The molecule has 0 radical (unpaired) electrons. The van der Waals surface area contributed by atoms with Gasteiger partial charge >= 0.3 is 0 Å². The Hall–Kier alpha value is -2.20. The average Bonchev–Trinajstić information content (AvgIpc) is 3.18. The number of benzene rings is 1. The Morgan fingerprint density at radius 3 is 2.86 bits per heavy atom. The minimum absolute atomic E-state index is 0.258. The molecule has 0 spiro atoms. The third-order valence-electron chi connectivity index (χ3n) is 5.34. The molecule has 2 aromatic rings. The Morgan fingerprint density at radius 2 is 2.07 bits per heavy atom. The third-order valence-corrected chi connectivity index (χ3v) is 5.34. The molecule has 1 aromatic heterocycles. The lowest BCUT2D eigenvalue weighted by atomic mass is 10.0.